The maximum Gasteiger partial charge on any atom is 0.0425 e. The van der Waals surface area contributed by atoms with Gasteiger partial charge in [0.2, 0.25) is 0 Å². The molecular weight excluding hydrogens is 788 g/mol. The van der Waals surface area contributed by atoms with E-state index in [1.165, 1.54) is 0 Å². The molecule has 0 spiro atoms. The predicted octanol–water partition coefficient (Wildman–Crippen LogP) is -6.86. The second kappa shape index (κ2) is 38.1. The molecule has 0 amide bonds. The van der Waals surface area contributed by atoms with Gasteiger partial charge in [0, 0.05) is 86.5 Å². The summed E-state index contributed by atoms with van der Waals surface area (Å²) < 4.78 is 0. The summed E-state index contributed by atoms with van der Waals surface area (Å²) in [5, 5.41) is 0. The molecule has 0 heterocycles. The summed E-state index contributed by atoms with van der Waals surface area (Å²) in [6.07, 6.45) is 5.29. The molecule has 0 aliphatic rings. The maximum absolute atomic E-state index is 9.86. The molecule has 23 heteroatoms. The van der Waals surface area contributed by atoms with Crippen molar-refractivity contribution < 1.29 is 129 Å². The molecule has 0 aromatic rings. The predicted molar refractivity (Wildman–Crippen MR) is 133 cm³/mol. The standard InChI is InChI=1S/5C4H11O3P.3V/c5*1-2-3-4-8(5,6)7;;;/h5*2-4H2,1H3,(H2,5,6,7);;;/p-10. The van der Waals surface area contributed by atoms with Gasteiger partial charge in [-0.25, -0.2) is 0 Å². The van der Waals surface area contributed by atoms with Gasteiger partial charge in [-0.05, 0) is 32.1 Å². The Morgan fingerprint density at radius 2 is 0.349 bits per heavy atom. The second-order valence-electron chi connectivity index (χ2n) is 8.44. The third-order valence-corrected chi connectivity index (χ3v) is 8.25. The first kappa shape index (κ1) is 64.8. The fourth-order valence-corrected chi connectivity index (χ4v) is 5.28. The van der Waals surface area contributed by atoms with Crippen LogP contribution >= 0.6 is 39.7 Å². The topological polar surface area (TPSA) is 346 Å². The van der Waals surface area contributed by atoms with E-state index in [0.717, 1.165) is 32.1 Å². The smallest absolute Gasteiger partial charge is 0.0425 e. The Morgan fingerprint density at radius 3 is 0.372 bits per heavy atom. The molecule has 0 fully saturated rings. The molecule has 0 saturated carbocycles. The van der Waals surface area contributed by atoms with Crippen LogP contribution in [0.15, 0.2) is 0 Å². The molecule has 0 bridgehead atoms. The van der Waals surface area contributed by atoms with Crippen molar-refractivity contribution in [3.05, 3.63) is 0 Å². The fraction of sp³-hybridized carbons (Fsp3) is 1.00. The molecule has 0 aliphatic carbocycles. The van der Waals surface area contributed by atoms with Crippen molar-refractivity contribution >= 4 is 39.7 Å². The van der Waals surface area contributed by atoms with Gasteiger partial charge in [-0.2, -0.15) is 39.7 Å². The van der Waals surface area contributed by atoms with Crippen LogP contribution in [-0.2, 0) is 55.7 Å². The average molecular weight is 833 g/mol. The molecule has 0 aliphatic heterocycles. The van der Waals surface area contributed by atoms with Crippen molar-refractivity contribution in [1.82, 2.24) is 0 Å². The Kier molecular flexibility index (Phi) is 57.4. The first-order valence-corrected chi connectivity index (χ1v) is 21.5. The largest absolute Gasteiger partial charge is 0.688 e. The van der Waals surface area contributed by atoms with E-state index in [9.17, 15) is 73.4 Å². The van der Waals surface area contributed by atoms with E-state index in [0.29, 0.717) is 32.1 Å². The van der Waals surface area contributed by atoms with Gasteiger partial charge < -0.3 is 73.4 Å². The number of hydrogen-bond acceptors (Lipinski definition) is 15. The van der Waals surface area contributed by atoms with E-state index in [2.05, 4.69) is 0 Å². The Balaban J connectivity index is -0.0000000583. The van der Waals surface area contributed by atoms with Crippen LogP contribution in [0.5, 0.6) is 0 Å². The molecule has 265 valence electrons. The number of rotatable bonds is 15. The van der Waals surface area contributed by atoms with Gasteiger partial charge in [0.25, 0.3) is 0 Å². The number of hydrogen-bond donors (Lipinski definition) is 0. The minimum atomic E-state index is -4.18. The first-order chi connectivity index (χ1) is 17.8. The van der Waals surface area contributed by atoms with Crippen LogP contribution in [0.2, 0.25) is 0 Å². The van der Waals surface area contributed by atoms with Crippen LogP contribution in [-0.4, -0.2) is 30.8 Å². The molecular formula is C20H45O15P5V3-10. The molecule has 0 aromatic heterocycles. The fourth-order valence-electron chi connectivity index (χ4n) is 1.76. The average Bonchev–Trinajstić information content (AvgIpc) is 2.76. The zero-order valence-electron chi connectivity index (χ0n) is 25.3. The summed E-state index contributed by atoms with van der Waals surface area (Å²) in [7, 11) is -20.9. The SMILES string of the molecule is CCCC[P+]([O-])([O-])[O-].CCCC[P+]([O-])([O-])[O-].CCCC[P+]([O-])([O-])[O-].CCCC[P+]([O-])([O-])[O-].CCCC[P+]([O-])([O-])[O-].[V].[V].[V]. The second-order valence-corrected chi connectivity index (χ2v) is 16.8. The van der Waals surface area contributed by atoms with E-state index in [1.807, 2.05) is 34.6 Å². The van der Waals surface area contributed by atoms with Crippen LogP contribution in [0.1, 0.15) is 98.8 Å². The van der Waals surface area contributed by atoms with E-state index >= 15 is 0 Å². The van der Waals surface area contributed by atoms with Gasteiger partial charge in [-0.3, -0.25) is 0 Å². The molecule has 0 rings (SSSR count). The van der Waals surface area contributed by atoms with Crippen molar-refractivity contribution in [1.29, 1.82) is 0 Å². The van der Waals surface area contributed by atoms with Gasteiger partial charge in [0.15, 0.2) is 0 Å². The maximum atomic E-state index is 9.86. The van der Waals surface area contributed by atoms with Crippen LogP contribution < -0.4 is 73.4 Å². The van der Waals surface area contributed by atoms with Crippen LogP contribution in [0, 0.1) is 0 Å². The summed E-state index contributed by atoms with van der Waals surface area (Å²) >= 11 is 0. The first-order valence-electron chi connectivity index (χ1n) is 12.9. The summed E-state index contributed by atoms with van der Waals surface area (Å²) in [5.74, 6) is 0. The minimum absolute atomic E-state index is 0. The summed E-state index contributed by atoms with van der Waals surface area (Å²) in [6, 6.07) is 0. The Morgan fingerprint density at radius 1 is 0.256 bits per heavy atom. The van der Waals surface area contributed by atoms with Gasteiger partial charge >= 0.3 is 0 Å². The van der Waals surface area contributed by atoms with Gasteiger partial charge in [0.05, 0.1) is 0 Å². The quantitative estimate of drug-likeness (QED) is 0.138. The van der Waals surface area contributed by atoms with E-state index < -0.39 is 39.7 Å². The molecule has 0 N–H and O–H groups in total. The Bertz CT molecular complexity index is 414. The number of unbranched alkanes of at least 4 members (excludes halogenated alkanes) is 5. The van der Waals surface area contributed by atoms with Crippen LogP contribution in [0.3, 0.4) is 0 Å². The van der Waals surface area contributed by atoms with E-state index in [4.69, 9.17) is 0 Å². The van der Waals surface area contributed by atoms with Gasteiger partial charge in [0.1, 0.15) is 0 Å². The van der Waals surface area contributed by atoms with Crippen molar-refractivity contribution in [3.63, 3.8) is 0 Å². The van der Waals surface area contributed by atoms with Crippen LogP contribution in [0.4, 0.5) is 0 Å². The van der Waals surface area contributed by atoms with Crippen molar-refractivity contribution in [2.45, 2.75) is 98.8 Å². The molecule has 15 nitrogen and oxygen atoms in total. The van der Waals surface area contributed by atoms with Crippen molar-refractivity contribution in [2.24, 2.45) is 0 Å². The van der Waals surface area contributed by atoms with E-state index in [-0.39, 0.29) is 86.5 Å². The Hall–Kier alpha value is 3.30. The molecule has 0 saturated heterocycles. The molecule has 43 heavy (non-hydrogen) atoms. The zero-order chi connectivity index (χ0) is 33.1. The molecule has 3 radical (unpaired) electrons. The summed E-state index contributed by atoms with van der Waals surface area (Å²) in [5.41, 5.74) is 0. The van der Waals surface area contributed by atoms with Gasteiger partial charge in [-0.1, -0.05) is 66.7 Å². The molecule has 0 unspecified atom stereocenters. The third-order valence-electron chi connectivity index (χ3n) is 3.93. The van der Waals surface area contributed by atoms with Crippen LogP contribution in [0.25, 0.3) is 0 Å². The normalized spacial score (nSPS) is 11.2. The third kappa shape index (κ3) is 106. The summed E-state index contributed by atoms with van der Waals surface area (Å²) in [4.78, 5) is 148. The van der Waals surface area contributed by atoms with E-state index in [1.54, 1.807) is 0 Å². The minimum Gasteiger partial charge on any atom is -0.688 e. The van der Waals surface area contributed by atoms with Crippen molar-refractivity contribution in [3.8, 4) is 0 Å². The Labute approximate surface area is 296 Å². The molecule has 0 atom stereocenters. The molecule has 0 aromatic carbocycles. The monoisotopic (exact) mass is 833 g/mol. The van der Waals surface area contributed by atoms with Crippen molar-refractivity contribution in [2.75, 3.05) is 30.8 Å². The van der Waals surface area contributed by atoms with Gasteiger partial charge in [-0.15, -0.1) is 0 Å². The summed E-state index contributed by atoms with van der Waals surface area (Å²) in [6.45, 7) is 9.21. The zero-order valence-corrected chi connectivity index (χ0v) is 34.0.